The molecule has 0 aliphatic carbocycles. The largest absolute Gasteiger partial charge is 0.481 e. The zero-order valence-corrected chi connectivity index (χ0v) is 18.9. The summed E-state index contributed by atoms with van der Waals surface area (Å²) in [7, 11) is 0. The molecular weight excluding hydrogens is 364 g/mol. The molecule has 1 N–H and O–H groups in total. The maximum absolute atomic E-state index is 12.0. The van der Waals surface area contributed by atoms with Crippen LogP contribution in [0.25, 0.3) is 0 Å². The van der Waals surface area contributed by atoms with Crippen molar-refractivity contribution in [3.8, 4) is 0 Å². The van der Waals surface area contributed by atoms with Crippen LogP contribution in [-0.4, -0.2) is 23.1 Å². The summed E-state index contributed by atoms with van der Waals surface area (Å²) in [5.74, 6) is -0.921. The Morgan fingerprint density at radius 2 is 1.41 bits per heavy atom. The Labute approximate surface area is 178 Å². The van der Waals surface area contributed by atoms with Gasteiger partial charge >= 0.3 is 11.9 Å². The topological polar surface area (TPSA) is 63.6 Å². The van der Waals surface area contributed by atoms with Crippen LogP contribution in [0.3, 0.4) is 0 Å². The van der Waals surface area contributed by atoms with Crippen molar-refractivity contribution in [2.75, 3.05) is 0 Å². The van der Waals surface area contributed by atoms with Gasteiger partial charge in [-0.1, -0.05) is 76.7 Å². The Morgan fingerprint density at radius 3 is 2.07 bits per heavy atom. The van der Waals surface area contributed by atoms with Crippen LogP contribution in [0.5, 0.6) is 0 Å². The molecule has 0 aromatic heterocycles. The van der Waals surface area contributed by atoms with E-state index >= 15 is 0 Å². The summed E-state index contributed by atoms with van der Waals surface area (Å²) in [6.45, 7) is 4.27. The SMILES string of the molecule is CCCC/C=C\C/C=C\CCCCCCCC(=O)OC(CCC)CCCC(=O)O. The van der Waals surface area contributed by atoms with Gasteiger partial charge in [-0.2, -0.15) is 0 Å². The monoisotopic (exact) mass is 408 g/mol. The number of rotatable bonds is 20. The van der Waals surface area contributed by atoms with Crippen molar-refractivity contribution in [1.29, 1.82) is 0 Å². The average Bonchev–Trinajstić information content (AvgIpc) is 2.68. The van der Waals surface area contributed by atoms with Crippen molar-refractivity contribution in [2.45, 2.75) is 123 Å². The lowest BCUT2D eigenvalue weighted by atomic mass is 10.1. The first-order valence-electron chi connectivity index (χ1n) is 11.8. The van der Waals surface area contributed by atoms with E-state index in [0.717, 1.165) is 44.9 Å². The third-order valence-corrected chi connectivity index (χ3v) is 4.91. The molecular formula is C25H44O4. The number of hydrogen-bond acceptors (Lipinski definition) is 3. The molecule has 0 fully saturated rings. The van der Waals surface area contributed by atoms with Gasteiger partial charge < -0.3 is 9.84 Å². The number of aliphatic carboxylic acids is 1. The lowest BCUT2D eigenvalue weighted by Gasteiger charge is -2.17. The van der Waals surface area contributed by atoms with E-state index in [4.69, 9.17) is 9.84 Å². The third kappa shape index (κ3) is 21.0. The maximum Gasteiger partial charge on any atom is 0.306 e. The molecule has 0 heterocycles. The summed E-state index contributed by atoms with van der Waals surface area (Å²) in [6.07, 6.45) is 24.0. The third-order valence-electron chi connectivity index (χ3n) is 4.91. The molecule has 0 aliphatic rings. The highest BCUT2D eigenvalue weighted by Gasteiger charge is 2.14. The standard InChI is InChI=1S/C25H44O4/c1-3-5-6-7-8-9-10-11-12-13-14-15-16-17-22-25(28)29-23(19-4-2)20-18-21-24(26)27/h7-8,10-11,23H,3-6,9,12-22H2,1-2H3,(H,26,27)/b8-7-,11-10-. The molecule has 0 saturated heterocycles. The Morgan fingerprint density at radius 1 is 0.759 bits per heavy atom. The van der Waals surface area contributed by atoms with Crippen molar-refractivity contribution in [2.24, 2.45) is 0 Å². The molecule has 1 unspecified atom stereocenters. The minimum Gasteiger partial charge on any atom is -0.481 e. The zero-order chi connectivity index (χ0) is 21.6. The fourth-order valence-electron chi connectivity index (χ4n) is 3.20. The minimum atomic E-state index is -0.790. The molecule has 0 aromatic carbocycles. The lowest BCUT2D eigenvalue weighted by Crippen LogP contribution is -2.18. The van der Waals surface area contributed by atoms with Gasteiger partial charge in [0.2, 0.25) is 0 Å². The van der Waals surface area contributed by atoms with Crippen molar-refractivity contribution in [3.05, 3.63) is 24.3 Å². The molecule has 0 spiro atoms. The minimum absolute atomic E-state index is 0.125. The van der Waals surface area contributed by atoms with Gasteiger partial charge in [0.15, 0.2) is 0 Å². The molecule has 4 heteroatoms. The van der Waals surface area contributed by atoms with E-state index in [2.05, 4.69) is 38.2 Å². The first kappa shape index (κ1) is 27.4. The van der Waals surface area contributed by atoms with Crippen LogP contribution in [-0.2, 0) is 14.3 Å². The van der Waals surface area contributed by atoms with E-state index in [-0.39, 0.29) is 18.5 Å². The number of carboxylic acid groups (broad SMARTS) is 1. The summed E-state index contributed by atoms with van der Waals surface area (Å²) in [6, 6.07) is 0. The van der Waals surface area contributed by atoms with Gasteiger partial charge in [-0.15, -0.1) is 0 Å². The normalized spacial score (nSPS) is 12.6. The molecule has 0 aromatic rings. The Hall–Kier alpha value is -1.58. The fourth-order valence-corrected chi connectivity index (χ4v) is 3.20. The fraction of sp³-hybridized carbons (Fsp3) is 0.760. The van der Waals surface area contributed by atoms with Crippen LogP contribution in [0.4, 0.5) is 0 Å². The molecule has 1 atom stereocenters. The average molecular weight is 409 g/mol. The van der Waals surface area contributed by atoms with Crippen molar-refractivity contribution >= 4 is 11.9 Å². The number of hydrogen-bond donors (Lipinski definition) is 1. The summed E-state index contributed by atoms with van der Waals surface area (Å²) in [4.78, 5) is 22.6. The van der Waals surface area contributed by atoms with E-state index in [9.17, 15) is 9.59 Å². The Bertz CT molecular complexity index is 454. The van der Waals surface area contributed by atoms with Crippen LogP contribution >= 0.6 is 0 Å². The molecule has 0 rings (SSSR count). The van der Waals surface area contributed by atoms with Crippen LogP contribution in [0.1, 0.15) is 117 Å². The van der Waals surface area contributed by atoms with Gasteiger partial charge in [0, 0.05) is 12.8 Å². The van der Waals surface area contributed by atoms with Gasteiger partial charge in [0.1, 0.15) is 6.10 Å². The van der Waals surface area contributed by atoms with E-state index in [1.54, 1.807) is 0 Å². The highest BCUT2D eigenvalue weighted by Crippen LogP contribution is 2.14. The quantitative estimate of drug-likeness (QED) is 0.130. The van der Waals surface area contributed by atoms with Gasteiger partial charge in [-0.25, -0.2) is 0 Å². The highest BCUT2D eigenvalue weighted by atomic mass is 16.5. The van der Waals surface area contributed by atoms with Gasteiger partial charge in [0.25, 0.3) is 0 Å². The van der Waals surface area contributed by atoms with E-state index in [1.807, 2.05) is 0 Å². The van der Waals surface area contributed by atoms with Crippen LogP contribution < -0.4 is 0 Å². The van der Waals surface area contributed by atoms with Crippen molar-refractivity contribution < 1.29 is 19.4 Å². The van der Waals surface area contributed by atoms with Crippen LogP contribution in [0.2, 0.25) is 0 Å². The first-order chi connectivity index (χ1) is 14.1. The Balaban J connectivity index is 3.61. The van der Waals surface area contributed by atoms with E-state index in [1.165, 1.54) is 32.1 Å². The number of carbonyl (C=O) groups excluding carboxylic acids is 1. The number of allylic oxidation sites excluding steroid dienone is 4. The maximum atomic E-state index is 12.0. The second-order valence-electron chi connectivity index (χ2n) is 7.81. The molecule has 0 aliphatic heterocycles. The molecule has 0 saturated carbocycles. The summed E-state index contributed by atoms with van der Waals surface area (Å²) < 4.78 is 5.54. The van der Waals surface area contributed by atoms with E-state index < -0.39 is 5.97 Å². The zero-order valence-electron chi connectivity index (χ0n) is 18.9. The molecule has 168 valence electrons. The van der Waals surface area contributed by atoms with Gasteiger partial charge in [-0.3, -0.25) is 9.59 Å². The second-order valence-corrected chi connectivity index (χ2v) is 7.81. The molecule has 29 heavy (non-hydrogen) atoms. The summed E-state index contributed by atoms with van der Waals surface area (Å²) >= 11 is 0. The number of ether oxygens (including phenoxy) is 1. The molecule has 4 nitrogen and oxygen atoms in total. The number of esters is 1. The predicted octanol–water partition coefficient (Wildman–Crippen LogP) is 7.38. The van der Waals surface area contributed by atoms with Gasteiger partial charge in [-0.05, 0) is 51.4 Å². The van der Waals surface area contributed by atoms with Crippen molar-refractivity contribution in [1.82, 2.24) is 0 Å². The number of unbranched alkanes of at least 4 members (excludes halogenated alkanes) is 7. The first-order valence-corrected chi connectivity index (χ1v) is 11.8. The van der Waals surface area contributed by atoms with Crippen molar-refractivity contribution in [3.63, 3.8) is 0 Å². The highest BCUT2D eigenvalue weighted by molar-refractivity contribution is 5.69. The van der Waals surface area contributed by atoms with E-state index in [0.29, 0.717) is 19.3 Å². The second kappa shape index (κ2) is 21.1. The smallest absolute Gasteiger partial charge is 0.306 e. The van der Waals surface area contributed by atoms with Crippen LogP contribution in [0, 0.1) is 0 Å². The van der Waals surface area contributed by atoms with Gasteiger partial charge in [0.05, 0.1) is 0 Å². The van der Waals surface area contributed by atoms with Crippen LogP contribution in [0.15, 0.2) is 24.3 Å². The Kier molecular flexibility index (Phi) is 20.0. The number of carbonyl (C=O) groups is 2. The molecule has 0 radical (unpaired) electrons. The summed E-state index contributed by atoms with van der Waals surface area (Å²) in [5.41, 5.74) is 0. The number of carboxylic acids is 1. The predicted molar refractivity (Wildman–Crippen MR) is 121 cm³/mol. The summed E-state index contributed by atoms with van der Waals surface area (Å²) in [5, 5.41) is 8.72. The lowest BCUT2D eigenvalue weighted by molar-refractivity contribution is -0.150. The molecule has 0 amide bonds. The molecule has 0 bridgehead atoms.